The van der Waals surface area contributed by atoms with E-state index in [0.717, 1.165) is 39.5 Å². The first-order valence-corrected chi connectivity index (χ1v) is 6.99. The molecule has 2 heterocycles. The van der Waals surface area contributed by atoms with Crippen molar-refractivity contribution in [3.8, 4) is 0 Å². The second-order valence-electron chi connectivity index (χ2n) is 5.18. The summed E-state index contributed by atoms with van der Waals surface area (Å²) in [6.45, 7) is 9.44. The predicted octanol–water partition coefficient (Wildman–Crippen LogP) is 0.866. The minimum Gasteiger partial charge on any atom is -0.381 e. The van der Waals surface area contributed by atoms with Crippen LogP contribution in [0.4, 0.5) is 0 Å². The summed E-state index contributed by atoms with van der Waals surface area (Å²) < 4.78 is 11.0. The van der Waals surface area contributed by atoms with E-state index in [1.54, 1.807) is 0 Å². The van der Waals surface area contributed by atoms with E-state index in [2.05, 4.69) is 17.1 Å². The van der Waals surface area contributed by atoms with Crippen LogP contribution in [-0.2, 0) is 9.47 Å². The maximum Gasteiger partial charge on any atom is 0.0673 e. The first-order chi connectivity index (χ1) is 8.34. The second-order valence-corrected chi connectivity index (χ2v) is 5.18. The van der Waals surface area contributed by atoms with Crippen LogP contribution in [0.2, 0.25) is 0 Å². The smallest absolute Gasteiger partial charge is 0.0673 e. The van der Waals surface area contributed by atoms with Crippen LogP contribution in [0, 0.1) is 0 Å². The molecule has 17 heavy (non-hydrogen) atoms. The van der Waals surface area contributed by atoms with Crippen molar-refractivity contribution in [3.05, 3.63) is 0 Å². The van der Waals surface area contributed by atoms with E-state index in [0.29, 0.717) is 12.1 Å². The number of rotatable bonds is 4. The summed E-state index contributed by atoms with van der Waals surface area (Å²) in [5.74, 6) is 0. The molecule has 4 nitrogen and oxygen atoms in total. The van der Waals surface area contributed by atoms with Gasteiger partial charge in [-0.1, -0.05) is 0 Å². The maximum atomic E-state index is 5.65. The highest BCUT2D eigenvalue weighted by Gasteiger charge is 2.16. The largest absolute Gasteiger partial charge is 0.381 e. The van der Waals surface area contributed by atoms with E-state index < -0.39 is 0 Å². The van der Waals surface area contributed by atoms with Gasteiger partial charge in [-0.3, -0.25) is 4.90 Å². The maximum absolute atomic E-state index is 5.65. The van der Waals surface area contributed by atoms with Crippen LogP contribution >= 0.6 is 0 Å². The molecule has 2 aliphatic heterocycles. The Labute approximate surface area is 105 Å². The highest BCUT2D eigenvalue weighted by Crippen LogP contribution is 2.07. The Kier molecular flexibility index (Phi) is 5.71. The average Bonchev–Trinajstić information content (AvgIpc) is 2.55. The highest BCUT2D eigenvalue weighted by atomic mass is 16.5. The van der Waals surface area contributed by atoms with E-state index in [1.165, 1.54) is 25.8 Å². The van der Waals surface area contributed by atoms with Gasteiger partial charge in [-0.2, -0.15) is 0 Å². The Balaban J connectivity index is 1.59. The van der Waals surface area contributed by atoms with Crippen molar-refractivity contribution in [2.75, 3.05) is 46.0 Å². The summed E-state index contributed by atoms with van der Waals surface area (Å²) in [7, 11) is 0. The van der Waals surface area contributed by atoms with Crippen molar-refractivity contribution in [2.24, 2.45) is 0 Å². The van der Waals surface area contributed by atoms with E-state index in [-0.39, 0.29) is 0 Å². The molecule has 1 unspecified atom stereocenters. The van der Waals surface area contributed by atoms with Crippen molar-refractivity contribution >= 4 is 0 Å². The number of hydrogen-bond donors (Lipinski definition) is 1. The minimum atomic E-state index is 0.389. The molecular formula is C13H26N2O2. The van der Waals surface area contributed by atoms with Crippen LogP contribution in [-0.4, -0.2) is 63.0 Å². The molecule has 0 spiro atoms. The molecule has 4 heteroatoms. The Morgan fingerprint density at radius 3 is 2.88 bits per heavy atom. The van der Waals surface area contributed by atoms with Crippen LogP contribution in [0.5, 0.6) is 0 Å². The summed E-state index contributed by atoms with van der Waals surface area (Å²) in [6.07, 6.45) is 3.89. The number of hydrogen-bond acceptors (Lipinski definition) is 4. The van der Waals surface area contributed by atoms with Gasteiger partial charge in [-0.15, -0.1) is 0 Å². The topological polar surface area (TPSA) is 33.7 Å². The van der Waals surface area contributed by atoms with Gasteiger partial charge in [-0.05, 0) is 26.2 Å². The van der Waals surface area contributed by atoms with E-state index in [9.17, 15) is 0 Å². The fraction of sp³-hybridized carbons (Fsp3) is 1.00. The molecule has 1 N–H and O–H groups in total. The Hall–Kier alpha value is -0.160. The lowest BCUT2D eigenvalue weighted by atomic mass is 10.1. The quantitative estimate of drug-likeness (QED) is 0.793. The standard InChI is InChI=1S/C13H26N2O2/c1-12-11-15(6-2-8-17-12)7-5-14-13-3-9-16-10-4-13/h12-14H,2-11H2,1H3. The number of nitrogens with one attached hydrogen (secondary N) is 1. The van der Waals surface area contributed by atoms with Crippen molar-refractivity contribution < 1.29 is 9.47 Å². The van der Waals surface area contributed by atoms with Crippen LogP contribution in [0.25, 0.3) is 0 Å². The lowest BCUT2D eigenvalue weighted by Gasteiger charge is -2.26. The van der Waals surface area contributed by atoms with Crippen LogP contribution in [0.3, 0.4) is 0 Å². The molecule has 2 rings (SSSR count). The zero-order valence-electron chi connectivity index (χ0n) is 11.0. The summed E-state index contributed by atoms with van der Waals surface area (Å²) in [6, 6.07) is 0.671. The van der Waals surface area contributed by atoms with Crippen LogP contribution in [0.15, 0.2) is 0 Å². The zero-order chi connectivity index (χ0) is 11.9. The van der Waals surface area contributed by atoms with Gasteiger partial charge >= 0.3 is 0 Å². The van der Waals surface area contributed by atoms with E-state index >= 15 is 0 Å². The monoisotopic (exact) mass is 242 g/mol. The van der Waals surface area contributed by atoms with Crippen molar-refractivity contribution in [2.45, 2.75) is 38.3 Å². The van der Waals surface area contributed by atoms with Gasteiger partial charge in [0.1, 0.15) is 0 Å². The lowest BCUT2D eigenvalue weighted by Crippen LogP contribution is -2.41. The van der Waals surface area contributed by atoms with Gasteiger partial charge in [0.2, 0.25) is 0 Å². The summed E-state index contributed by atoms with van der Waals surface area (Å²) >= 11 is 0. The molecule has 2 aliphatic rings. The molecule has 0 saturated carbocycles. The molecule has 0 aliphatic carbocycles. The van der Waals surface area contributed by atoms with Crippen LogP contribution in [0.1, 0.15) is 26.2 Å². The molecule has 2 fully saturated rings. The lowest BCUT2D eigenvalue weighted by molar-refractivity contribution is 0.0660. The van der Waals surface area contributed by atoms with E-state index in [4.69, 9.17) is 9.47 Å². The van der Waals surface area contributed by atoms with Gasteiger partial charge in [0, 0.05) is 52.0 Å². The molecule has 0 bridgehead atoms. The van der Waals surface area contributed by atoms with Gasteiger partial charge < -0.3 is 14.8 Å². The van der Waals surface area contributed by atoms with Gasteiger partial charge in [0.15, 0.2) is 0 Å². The molecule has 0 amide bonds. The summed E-state index contributed by atoms with van der Waals surface area (Å²) in [4.78, 5) is 2.52. The minimum absolute atomic E-state index is 0.389. The molecule has 1 atom stereocenters. The molecule has 0 radical (unpaired) electrons. The second kappa shape index (κ2) is 7.31. The Morgan fingerprint density at radius 1 is 1.24 bits per heavy atom. The molecular weight excluding hydrogens is 216 g/mol. The van der Waals surface area contributed by atoms with Gasteiger partial charge in [-0.25, -0.2) is 0 Å². The van der Waals surface area contributed by atoms with Crippen LogP contribution < -0.4 is 5.32 Å². The van der Waals surface area contributed by atoms with Crippen molar-refractivity contribution in [1.29, 1.82) is 0 Å². The predicted molar refractivity (Wildman–Crippen MR) is 68.3 cm³/mol. The molecule has 0 aromatic carbocycles. The van der Waals surface area contributed by atoms with Crippen molar-refractivity contribution in [3.63, 3.8) is 0 Å². The third-order valence-electron chi connectivity index (χ3n) is 3.62. The third-order valence-corrected chi connectivity index (χ3v) is 3.62. The summed E-state index contributed by atoms with van der Waals surface area (Å²) in [5, 5.41) is 3.64. The normalized spacial score (nSPS) is 29.1. The number of ether oxygens (including phenoxy) is 2. The Bertz CT molecular complexity index is 208. The first-order valence-electron chi connectivity index (χ1n) is 6.99. The third kappa shape index (κ3) is 4.92. The van der Waals surface area contributed by atoms with Gasteiger partial charge in [0.05, 0.1) is 6.10 Å². The molecule has 100 valence electrons. The molecule has 2 saturated heterocycles. The zero-order valence-corrected chi connectivity index (χ0v) is 11.0. The fourth-order valence-corrected chi connectivity index (χ4v) is 2.61. The number of nitrogens with zero attached hydrogens (tertiary/aromatic N) is 1. The first kappa shape index (κ1) is 13.3. The fourth-order valence-electron chi connectivity index (χ4n) is 2.61. The summed E-state index contributed by atoms with van der Waals surface area (Å²) in [5.41, 5.74) is 0. The van der Waals surface area contributed by atoms with Gasteiger partial charge in [0.25, 0.3) is 0 Å². The molecule has 0 aromatic heterocycles. The van der Waals surface area contributed by atoms with Crippen molar-refractivity contribution in [1.82, 2.24) is 10.2 Å². The Morgan fingerprint density at radius 2 is 2.06 bits per heavy atom. The average molecular weight is 242 g/mol. The van der Waals surface area contributed by atoms with E-state index in [1.807, 2.05) is 0 Å². The SMILES string of the molecule is CC1CN(CCNC2CCOCC2)CCCO1. The molecule has 0 aromatic rings. The highest BCUT2D eigenvalue weighted by molar-refractivity contribution is 4.72.